The number of nitrogens with zero attached hydrogens (tertiary/aromatic N) is 2. The van der Waals surface area contributed by atoms with Crippen molar-refractivity contribution >= 4 is 15.7 Å². The van der Waals surface area contributed by atoms with E-state index in [1.165, 1.54) is 0 Å². The molecule has 0 amide bonds. The van der Waals surface area contributed by atoms with Crippen LogP contribution in [0.5, 0.6) is 0 Å². The van der Waals surface area contributed by atoms with E-state index in [0.717, 1.165) is 5.69 Å². The Bertz CT molecular complexity index is 427. The van der Waals surface area contributed by atoms with Crippen LogP contribution in [0.4, 0.5) is 5.82 Å². The first-order valence-electron chi connectivity index (χ1n) is 4.86. The summed E-state index contributed by atoms with van der Waals surface area (Å²) in [5.41, 5.74) is 6.28. The van der Waals surface area contributed by atoms with E-state index in [9.17, 15) is 8.42 Å². The zero-order chi connectivity index (χ0) is 10.9. The fourth-order valence-corrected chi connectivity index (χ4v) is 3.25. The molecule has 2 N–H and O–H groups in total. The molecule has 0 atom stereocenters. The van der Waals surface area contributed by atoms with E-state index in [4.69, 9.17) is 5.73 Å². The molecule has 5 nitrogen and oxygen atoms in total. The average molecular weight is 227 g/mol. The van der Waals surface area contributed by atoms with Gasteiger partial charge in [0.1, 0.15) is 15.7 Å². The molecule has 1 fully saturated rings. The first kappa shape index (κ1) is 10.4. The van der Waals surface area contributed by atoms with E-state index in [1.807, 2.05) is 6.07 Å². The van der Waals surface area contributed by atoms with Gasteiger partial charge in [-0.2, -0.15) is 5.10 Å². The van der Waals surface area contributed by atoms with Gasteiger partial charge in [-0.1, -0.05) is 0 Å². The van der Waals surface area contributed by atoms with Crippen molar-refractivity contribution in [3.05, 3.63) is 17.8 Å². The predicted octanol–water partition coefficient (Wildman–Crippen LogP) is 0.351. The van der Waals surface area contributed by atoms with Crippen LogP contribution in [0, 0.1) is 0 Å². The lowest BCUT2D eigenvalue weighted by Crippen LogP contribution is -2.22. The molecule has 2 heterocycles. The summed E-state index contributed by atoms with van der Waals surface area (Å²) in [6.45, 7) is 0. The van der Waals surface area contributed by atoms with Gasteiger partial charge in [-0.3, -0.25) is 0 Å². The summed E-state index contributed by atoms with van der Waals surface area (Å²) in [5, 5.41) is 7.75. The number of hydrogen-bond donors (Lipinski definition) is 1. The number of rotatable bonds is 1. The van der Waals surface area contributed by atoms with Gasteiger partial charge in [0.15, 0.2) is 0 Å². The van der Waals surface area contributed by atoms with Crippen molar-refractivity contribution in [2.75, 3.05) is 17.2 Å². The highest BCUT2D eigenvalue weighted by molar-refractivity contribution is 7.91. The Hall–Kier alpha value is -1.17. The average Bonchev–Trinajstić information content (AvgIpc) is 2.20. The number of hydrogen-bond acceptors (Lipinski definition) is 5. The van der Waals surface area contributed by atoms with Gasteiger partial charge >= 0.3 is 0 Å². The van der Waals surface area contributed by atoms with Gasteiger partial charge in [0, 0.05) is 5.92 Å². The number of anilines is 1. The summed E-state index contributed by atoms with van der Waals surface area (Å²) in [7, 11) is -2.80. The Morgan fingerprint density at radius 3 is 2.40 bits per heavy atom. The van der Waals surface area contributed by atoms with Crippen LogP contribution in [0.15, 0.2) is 12.1 Å². The van der Waals surface area contributed by atoms with E-state index in [2.05, 4.69) is 10.2 Å². The SMILES string of the molecule is Nc1ccc(C2CCS(=O)(=O)CC2)nn1. The van der Waals surface area contributed by atoms with Gasteiger partial charge in [-0.25, -0.2) is 8.42 Å². The summed E-state index contributed by atoms with van der Waals surface area (Å²) in [5.74, 6) is 1.11. The second kappa shape index (κ2) is 3.77. The van der Waals surface area contributed by atoms with Crippen LogP contribution in [-0.2, 0) is 9.84 Å². The molecule has 0 aromatic carbocycles. The molecule has 0 spiro atoms. The molecule has 2 rings (SSSR count). The minimum atomic E-state index is -2.80. The molecule has 1 aliphatic rings. The van der Waals surface area contributed by atoms with Gasteiger partial charge < -0.3 is 5.73 Å². The summed E-state index contributed by atoms with van der Waals surface area (Å²) in [6.07, 6.45) is 1.28. The monoisotopic (exact) mass is 227 g/mol. The van der Waals surface area contributed by atoms with E-state index >= 15 is 0 Å². The standard InChI is InChI=1S/C9H13N3O2S/c10-9-2-1-8(11-12-9)7-3-5-15(13,14)6-4-7/h1-2,7H,3-6H2,(H2,10,12). The molecule has 6 heteroatoms. The predicted molar refractivity (Wildman–Crippen MR) is 57.1 cm³/mol. The number of nitrogens with two attached hydrogens (primary N) is 1. The first-order chi connectivity index (χ1) is 7.07. The summed E-state index contributed by atoms with van der Waals surface area (Å²) < 4.78 is 22.5. The van der Waals surface area contributed by atoms with Crippen LogP contribution in [0.3, 0.4) is 0 Å². The van der Waals surface area contributed by atoms with E-state index in [0.29, 0.717) is 18.7 Å². The maximum absolute atomic E-state index is 11.2. The highest BCUT2D eigenvalue weighted by atomic mass is 32.2. The van der Waals surface area contributed by atoms with E-state index < -0.39 is 9.84 Å². The molecule has 1 saturated heterocycles. The fourth-order valence-electron chi connectivity index (χ4n) is 1.76. The summed E-state index contributed by atoms with van der Waals surface area (Å²) in [4.78, 5) is 0. The topological polar surface area (TPSA) is 85.9 Å². The molecule has 1 aromatic rings. The Morgan fingerprint density at radius 1 is 1.20 bits per heavy atom. The molecule has 0 aliphatic carbocycles. The quantitative estimate of drug-likeness (QED) is 0.748. The Morgan fingerprint density at radius 2 is 1.87 bits per heavy atom. The van der Waals surface area contributed by atoms with Crippen molar-refractivity contribution < 1.29 is 8.42 Å². The van der Waals surface area contributed by atoms with Crippen LogP contribution >= 0.6 is 0 Å². The zero-order valence-electron chi connectivity index (χ0n) is 8.26. The van der Waals surface area contributed by atoms with Gasteiger partial charge in [0.2, 0.25) is 0 Å². The maximum Gasteiger partial charge on any atom is 0.150 e. The van der Waals surface area contributed by atoms with Crippen molar-refractivity contribution in [3.63, 3.8) is 0 Å². The van der Waals surface area contributed by atoms with Crippen molar-refractivity contribution in [1.29, 1.82) is 0 Å². The van der Waals surface area contributed by atoms with Crippen molar-refractivity contribution in [2.24, 2.45) is 0 Å². The number of sulfone groups is 1. The Kier molecular flexibility index (Phi) is 2.60. The van der Waals surface area contributed by atoms with Crippen molar-refractivity contribution in [3.8, 4) is 0 Å². The van der Waals surface area contributed by atoms with Crippen molar-refractivity contribution in [2.45, 2.75) is 18.8 Å². The largest absolute Gasteiger partial charge is 0.382 e. The third kappa shape index (κ3) is 2.44. The molecule has 15 heavy (non-hydrogen) atoms. The molecule has 1 aliphatic heterocycles. The Labute approximate surface area is 88.6 Å². The van der Waals surface area contributed by atoms with Crippen molar-refractivity contribution in [1.82, 2.24) is 10.2 Å². The molecule has 82 valence electrons. The zero-order valence-corrected chi connectivity index (χ0v) is 9.07. The minimum absolute atomic E-state index is 0.210. The lowest BCUT2D eigenvalue weighted by atomic mass is 9.99. The second-order valence-corrected chi connectivity index (χ2v) is 6.11. The third-order valence-corrected chi connectivity index (χ3v) is 4.39. The molecular formula is C9H13N3O2S. The lowest BCUT2D eigenvalue weighted by molar-refractivity contribution is 0.541. The van der Waals surface area contributed by atoms with E-state index in [1.54, 1.807) is 6.07 Å². The smallest absolute Gasteiger partial charge is 0.150 e. The van der Waals surface area contributed by atoms with Gasteiger partial charge in [-0.15, -0.1) is 5.10 Å². The van der Waals surface area contributed by atoms with Gasteiger partial charge in [0.05, 0.1) is 17.2 Å². The first-order valence-corrected chi connectivity index (χ1v) is 6.68. The van der Waals surface area contributed by atoms with Crippen LogP contribution in [0.25, 0.3) is 0 Å². The van der Waals surface area contributed by atoms with Gasteiger partial charge in [0.25, 0.3) is 0 Å². The Balaban J connectivity index is 2.11. The third-order valence-electron chi connectivity index (χ3n) is 2.68. The second-order valence-electron chi connectivity index (χ2n) is 3.81. The summed E-state index contributed by atoms with van der Waals surface area (Å²) in [6, 6.07) is 3.52. The molecule has 0 unspecified atom stereocenters. The normalized spacial score (nSPS) is 21.3. The number of nitrogen functional groups attached to an aromatic ring is 1. The highest BCUT2D eigenvalue weighted by Gasteiger charge is 2.25. The number of aromatic nitrogens is 2. The molecular weight excluding hydrogens is 214 g/mol. The molecule has 1 aromatic heterocycles. The van der Waals surface area contributed by atoms with Crippen LogP contribution < -0.4 is 5.73 Å². The molecule has 0 saturated carbocycles. The van der Waals surface area contributed by atoms with Crippen LogP contribution in [0.2, 0.25) is 0 Å². The molecule has 0 bridgehead atoms. The van der Waals surface area contributed by atoms with Crippen LogP contribution in [0.1, 0.15) is 24.5 Å². The van der Waals surface area contributed by atoms with Gasteiger partial charge in [-0.05, 0) is 25.0 Å². The highest BCUT2D eigenvalue weighted by Crippen LogP contribution is 2.27. The maximum atomic E-state index is 11.2. The molecule has 0 radical (unpaired) electrons. The van der Waals surface area contributed by atoms with E-state index in [-0.39, 0.29) is 17.4 Å². The van der Waals surface area contributed by atoms with Crippen LogP contribution in [-0.4, -0.2) is 30.1 Å². The lowest BCUT2D eigenvalue weighted by Gasteiger charge is -2.20. The summed E-state index contributed by atoms with van der Waals surface area (Å²) >= 11 is 0. The minimum Gasteiger partial charge on any atom is -0.382 e. The fraction of sp³-hybridized carbons (Fsp3) is 0.556.